The maximum Gasteiger partial charge on any atom is 0.253 e. The van der Waals surface area contributed by atoms with Gasteiger partial charge in [0, 0.05) is 50.4 Å². The van der Waals surface area contributed by atoms with Crippen LogP contribution in [0.3, 0.4) is 0 Å². The van der Waals surface area contributed by atoms with Crippen molar-refractivity contribution in [3.63, 3.8) is 0 Å². The lowest BCUT2D eigenvalue weighted by atomic mass is 9.91. The number of fused-ring (bicyclic) bond motifs is 1. The Morgan fingerprint density at radius 3 is 2.50 bits per heavy atom. The van der Waals surface area contributed by atoms with Crippen LogP contribution in [0.4, 0.5) is 23.3 Å². The molecule has 1 saturated carbocycles. The number of nitrogens with zero attached hydrogens (tertiary/aromatic N) is 6. The highest BCUT2D eigenvalue weighted by atomic mass is 16.2. The smallest absolute Gasteiger partial charge is 0.253 e. The predicted octanol–water partition coefficient (Wildman–Crippen LogP) is 1.46. The molecule has 1 atom stereocenters. The first kappa shape index (κ1) is 21.3. The van der Waals surface area contributed by atoms with E-state index in [1.165, 1.54) is 0 Å². The van der Waals surface area contributed by atoms with E-state index in [9.17, 15) is 9.59 Å². The van der Waals surface area contributed by atoms with E-state index in [1.54, 1.807) is 6.20 Å². The van der Waals surface area contributed by atoms with E-state index in [4.69, 9.17) is 4.98 Å². The highest BCUT2D eigenvalue weighted by Gasteiger charge is 2.58. The minimum Gasteiger partial charge on any atom is -0.368 e. The number of imide groups is 1. The molecule has 0 radical (unpaired) electrons. The van der Waals surface area contributed by atoms with Gasteiger partial charge in [-0.3, -0.25) is 14.9 Å². The summed E-state index contributed by atoms with van der Waals surface area (Å²) in [5.41, 5.74) is 1.16. The molecule has 2 saturated heterocycles. The Hall–Kier alpha value is -3.27. The number of aromatic nitrogens is 3. The molecule has 2 aromatic rings. The Balaban J connectivity index is 1.24. The second kappa shape index (κ2) is 8.19. The number of rotatable bonds is 4. The molecule has 3 fully saturated rings. The van der Waals surface area contributed by atoms with Gasteiger partial charge in [0.25, 0.3) is 5.91 Å². The molecule has 4 aliphatic rings. The summed E-state index contributed by atoms with van der Waals surface area (Å²) in [6.45, 7) is 4.08. The number of carbonyl (C=O) groups is 2. The molecule has 1 aliphatic carbocycles. The predicted molar refractivity (Wildman–Crippen MR) is 128 cm³/mol. The third kappa shape index (κ3) is 3.56. The third-order valence-electron chi connectivity index (χ3n) is 7.69. The fourth-order valence-electron chi connectivity index (χ4n) is 5.88. The molecule has 1 unspecified atom stereocenters. The molecular weight excluding hydrogens is 432 g/mol. The fraction of sp³-hybridized carbons (Fsp3) is 0.542. The topological polar surface area (TPSA) is 107 Å². The van der Waals surface area contributed by atoms with Crippen LogP contribution in [0, 0.1) is 0 Å². The molecule has 6 rings (SSSR count). The van der Waals surface area contributed by atoms with Crippen molar-refractivity contribution in [1.82, 2.24) is 25.2 Å². The van der Waals surface area contributed by atoms with E-state index in [1.807, 2.05) is 12.3 Å². The lowest BCUT2D eigenvalue weighted by molar-refractivity contribution is -0.126. The average molecular weight is 463 g/mol. The Kier molecular flexibility index (Phi) is 5.13. The van der Waals surface area contributed by atoms with Crippen LogP contribution in [0.2, 0.25) is 0 Å². The van der Waals surface area contributed by atoms with Crippen LogP contribution < -0.4 is 20.4 Å². The summed E-state index contributed by atoms with van der Waals surface area (Å²) >= 11 is 0. The van der Waals surface area contributed by atoms with E-state index in [0.717, 1.165) is 68.9 Å². The maximum atomic E-state index is 12.9. The van der Waals surface area contributed by atoms with Crippen LogP contribution >= 0.6 is 0 Å². The van der Waals surface area contributed by atoms with Crippen LogP contribution in [0.1, 0.15) is 37.7 Å². The van der Waals surface area contributed by atoms with Gasteiger partial charge in [-0.05, 0) is 32.0 Å². The summed E-state index contributed by atoms with van der Waals surface area (Å²) < 4.78 is 0. The molecule has 0 bridgehead atoms. The molecule has 34 heavy (non-hydrogen) atoms. The first-order valence-corrected chi connectivity index (χ1v) is 12.2. The molecule has 1 spiro atoms. The SMILES string of the molecule is CN1CCN(c2ccc(Nc3ncc4c(n3)N(C3CCCC3)C3(CC(=O)NC3=O)C4)nc2)CC1. The van der Waals surface area contributed by atoms with Crippen molar-refractivity contribution < 1.29 is 9.59 Å². The highest BCUT2D eigenvalue weighted by molar-refractivity contribution is 6.11. The van der Waals surface area contributed by atoms with Crippen molar-refractivity contribution >= 4 is 35.1 Å². The van der Waals surface area contributed by atoms with Crippen LogP contribution in [-0.2, 0) is 16.0 Å². The zero-order valence-corrected chi connectivity index (χ0v) is 19.5. The quantitative estimate of drug-likeness (QED) is 0.653. The second-order valence-electron chi connectivity index (χ2n) is 9.93. The molecular formula is C24H30N8O2. The Labute approximate surface area is 198 Å². The highest BCUT2D eigenvalue weighted by Crippen LogP contribution is 2.46. The number of nitrogens with one attached hydrogen (secondary N) is 2. The Bertz CT molecular complexity index is 1110. The van der Waals surface area contributed by atoms with Crippen LogP contribution in [0.25, 0.3) is 0 Å². The summed E-state index contributed by atoms with van der Waals surface area (Å²) in [7, 11) is 2.14. The van der Waals surface area contributed by atoms with Crippen molar-refractivity contribution in [2.24, 2.45) is 0 Å². The normalized spacial score (nSPS) is 25.3. The van der Waals surface area contributed by atoms with Gasteiger partial charge in [-0.1, -0.05) is 12.8 Å². The van der Waals surface area contributed by atoms with E-state index in [0.29, 0.717) is 18.2 Å². The van der Waals surface area contributed by atoms with Gasteiger partial charge in [-0.25, -0.2) is 9.97 Å². The van der Waals surface area contributed by atoms with Gasteiger partial charge in [0.2, 0.25) is 11.9 Å². The van der Waals surface area contributed by atoms with Gasteiger partial charge in [0.1, 0.15) is 17.2 Å². The number of anilines is 4. The van der Waals surface area contributed by atoms with Crippen LogP contribution in [-0.4, -0.2) is 76.5 Å². The first-order chi connectivity index (χ1) is 16.5. The first-order valence-electron chi connectivity index (χ1n) is 12.2. The number of likely N-dealkylation sites (N-methyl/N-ethyl adjacent to an activating group) is 1. The number of hydrogen-bond donors (Lipinski definition) is 2. The van der Waals surface area contributed by atoms with Gasteiger partial charge in [0.15, 0.2) is 0 Å². The van der Waals surface area contributed by atoms with Crippen molar-refractivity contribution in [3.8, 4) is 0 Å². The monoisotopic (exact) mass is 462 g/mol. The molecule has 10 heteroatoms. The summed E-state index contributed by atoms with van der Waals surface area (Å²) in [4.78, 5) is 45.8. The summed E-state index contributed by atoms with van der Waals surface area (Å²) in [5, 5.41) is 5.75. The molecule has 3 aliphatic heterocycles. The number of carbonyl (C=O) groups excluding carboxylic acids is 2. The molecule has 10 nitrogen and oxygen atoms in total. The maximum absolute atomic E-state index is 12.9. The van der Waals surface area contributed by atoms with Crippen molar-refractivity contribution in [2.45, 2.75) is 50.1 Å². The van der Waals surface area contributed by atoms with Crippen molar-refractivity contribution in [2.75, 3.05) is 48.3 Å². The largest absolute Gasteiger partial charge is 0.368 e. The number of pyridine rings is 1. The Morgan fingerprint density at radius 2 is 1.82 bits per heavy atom. The lowest BCUT2D eigenvalue weighted by Gasteiger charge is -2.38. The zero-order chi connectivity index (χ0) is 23.3. The minimum atomic E-state index is -0.871. The van der Waals surface area contributed by atoms with Gasteiger partial charge in [-0.15, -0.1) is 0 Å². The Morgan fingerprint density at radius 1 is 1.03 bits per heavy atom. The summed E-state index contributed by atoms with van der Waals surface area (Å²) in [6, 6.07) is 4.23. The van der Waals surface area contributed by atoms with Gasteiger partial charge < -0.3 is 20.0 Å². The zero-order valence-electron chi connectivity index (χ0n) is 19.5. The summed E-state index contributed by atoms with van der Waals surface area (Å²) in [5.74, 6) is 1.47. The van der Waals surface area contributed by atoms with E-state index < -0.39 is 5.54 Å². The fourth-order valence-corrected chi connectivity index (χ4v) is 5.88. The number of amides is 2. The summed E-state index contributed by atoms with van der Waals surface area (Å²) in [6.07, 6.45) is 8.58. The third-order valence-corrected chi connectivity index (χ3v) is 7.69. The molecule has 2 amide bonds. The minimum absolute atomic E-state index is 0.177. The number of hydrogen-bond acceptors (Lipinski definition) is 9. The van der Waals surface area contributed by atoms with Gasteiger partial charge in [-0.2, -0.15) is 4.98 Å². The number of piperazine rings is 1. The van der Waals surface area contributed by atoms with Crippen molar-refractivity contribution in [3.05, 3.63) is 30.1 Å². The average Bonchev–Trinajstić information content (AvgIpc) is 3.52. The van der Waals surface area contributed by atoms with Gasteiger partial charge in [0.05, 0.1) is 18.3 Å². The van der Waals surface area contributed by atoms with Crippen LogP contribution in [0.15, 0.2) is 24.5 Å². The molecule has 0 aromatic carbocycles. The molecule has 178 valence electrons. The van der Waals surface area contributed by atoms with Crippen molar-refractivity contribution in [1.29, 1.82) is 0 Å². The standard InChI is InChI=1S/C24H30N8O2/c1-30-8-10-31(11-9-30)18-6-7-19(25-15-18)27-23-26-14-16-12-24(13-20(33)28-22(24)34)32(21(16)29-23)17-4-2-3-5-17/h6-7,14-15,17H,2-5,8-13H2,1H3,(H,28,33,34)(H,25,26,27,29). The second-order valence-corrected chi connectivity index (χ2v) is 9.93. The van der Waals surface area contributed by atoms with Gasteiger partial charge >= 0.3 is 0 Å². The molecule has 2 N–H and O–H groups in total. The molecule has 2 aromatic heterocycles. The van der Waals surface area contributed by atoms with E-state index in [2.05, 4.69) is 48.4 Å². The lowest BCUT2D eigenvalue weighted by Crippen LogP contribution is -2.56. The molecule has 5 heterocycles. The van der Waals surface area contributed by atoms with Crippen LogP contribution in [0.5, 0.6) is 0 Å². The van der Waals surface area contributed by atoms with E-state index >= 15 is 0 Å². The van der Waals surface area contributed by atoms with E-state index in [-0.39, 0.29) is 24.3 Å².